The molecule has 0 saturated carbocycles. The lowest BCUT2D eigenvalue weighted by Gasteiger charge is -2.17. The van der Waals surface area contributed by atoms with Gasteiger partial charge in [-0.25, -0.2) is 4.68 Å². The Morgan fingerprint density at radius 1 is 1.07 bits per heavy atom. The first kappa shape index (κ1) is 27.6. The number of fused-ring (bicyclic) bond motifs is 1. The maximum absolute atomic E-state index is 13.1. The van der Waals surface area contributed by atoms with Gasteiger partial charge in [-0.1, -0.05) is 31.5 Å². The van der Waals surface area contributed by atoms with Crippen LogP contribution in [0.2, 0.25) is 5.02 Å². The highest BCUT2D eigenvalue weighted by molar-refractivity contribution is 6.35. The number of H-pyrrole nitrogens is 1. The average molecular weight is 556 g/mol. The Balaban J connectivity index is 1.40. The molecular formula is C32H34ClN5O2. The Labute approximate surface area is 239 Å². The number of hydrogen-bond donors (Lipinski definition) is 2. The minimum Gasteiger partial charge on any atom is -0.358 e. The summed E-state index contributed by atoms with van der Waals surface area (Å²) in [6, 6.07) is 13.4. The van der Waals surface area contributed by atoms with Crippen molar-refractivity contribution in [2.75, 3.05) is 25.0 Å². The first-order valence-corrected chi connectivity index (χ1v) is 14.1. The van der Waals surface area contributed by atoms with Crippen molar-refractivity contribution in [2.45, 2.75) is 40.5 Å². The highest BCUT2D eigenvalue weighted by Gasteiger charge is 2.26. The van der Waals surface area contributed by atoms with E-state index in [2.05, 4.69) is 34.1 Å². The topological polar surface area (TPSA) is 83.0 Å². The third-order valence-corrected chi connectivity index (χ3v) is 7.88. The van der Waals surface area contributed by atoms with Crippen LogP contribution in [0.1, 0.15) is 59.6 Å². The molecular weight excluding hydrogens is 522 g/mol. The number of benzene rings is 2. The number of aromatic amines is 1. The minimum atomic E-state index is -0.164. The molecule has 8 heteroatoms. The van der Waals surface area contributed by atoms with Crippen molar-refractivity contribution in [3.8, 4) is 16.8 Å². The van der Waals surface area contributed by atoms with Crippen LogP contribution < -0.4 is 5.32 Å². The molecule has 1 aliphatic heterocycles. The number of nitrogens with one attached hydrogen (secondary N) is 2. The Hall–Kier alpha value is -3.94. The second kappa shape index (κ2) is 11.7. The third-order valence-electron chi connectivity index (χ3n) is 7.63. The number of halogens is 1. The van der Waals surface area contributed by atoms with E-state index in [4.69, 9.17) is 11.6 Å². The summed E-state index contributed by atoms with van der Waals surface area (Å²) in [5.74, 6) is -0.0259. The smallest absolute Gasteiger partial charge is 0.256 e. The average Bonchev–Trinajstić information content (AvgIpc) is 3.63. The maximum atomic E-state index is 13.1. The molecule has 40 heavy (non-hydrogen) atoms. The van der Waals surface area contributed by atoms with Crippen molar-refractivity contribution in [2.24, 2.45) is 0 Å². The Bertz CT molecular complexity index is 1590. The summed E-state index contributed by atoms with van der Waals surface area (Å²) in [4.78, 5) is 31.8. The number of hydrogen-bond acceptors (Lipinski definition) is 4. The van der Waals surface area contributed by atoms with Gasteiger partial charge in [0.25, 0.3) is 5.91 Å². The van der Waals surface area contributed by atoms with Crippen LogP contribution in [0, 0.1) is 13.8 Å². The van der Waals surface area contributed by atoms with Crippen molar-refractivity contribution >= 4 is 40.6 Å². The predicted molar refractivity (Wildman–Crippen MR) is 162 cm³/mol. The van der Waals surface area contributed by atoms with Crippen molar-refractivity contribution in [1.82, 2.24) is 19.7 Å². The molecule has 1 aliphatic rings. The van der Waals surface area contributed by atoms with Crippen LogP contribution in [0.3, 0.4) is 0 Å². The van der Waals surface area contributed by atoms with E-state index in [1.807, 2.05) is 68.6 Å². The van der Waals surface area contributed by atoms with E-state index >= 15 is 0 Å². The largest absolute Gasteiger partial charge is 0.358 e. The molecule has 5 rings (SSSR count). The minimum absolute atomic E-state index is 0.138. The highest BCUT2D eigenvalue weighted by Crippen LogP contribution is 2.37. The number of anilines is 1. The molecule has 2 aromatic heterocycles. The molecule has 2 N–H and O–H groups in total. The number of aryl methyl sites for hydroxylation is 1. The van der Waals surface area contributed by atoms with Gasteiger partial charge < -0.3 is 15.2 Å². The van der Waals surface area contributed by atoms with Gasteiger partial charge in [0.05, 0.1) is 17.5 Å². The Morgan fingerprint density at radius 2 is 1.82 bits per heavy atom. The fraction of sp³-hybridized carbons (Fsp3) is 0.281. The molecule has 3 heterocycles. The van der Waals surface area contributed by atoms with E-state index in [1.54, 1.807) is 10.9 Å². The monoisotopic (exact) mass is 555 g/mol. The molecule has 4 aromatic rings. The first-order valence-electron chi connectivity index (χ1n) is 13.7. The summed E-state index contributed by atoms with van der Waals surface area (Å²) < 4.78 is 1.80. The van der Waals surface area contributed by atoms with Crippen LogP contribution in [0.5, 0.6) is 0 Å². The molecule has 0 aliphatic carbocycles. The normalized spacial score (nSPS) is 13.8. The number of nitrogens with zero attached hydrogens (tertiary/aromatic N) is 3. The summed E-state index contributed by atoms with van der Waals surface area (Å²) in [6.45, 7) is 11.0. The lowest BCUT2D eigenvalue weighted by atomic mass is 9.98. The van der Waals surface area contributed by atoms with Gasteiger partial charge in [-0.05, 0) is 93.5 Å². The van der Waals surface area contributed by atoms with Crippen LogP contribution in [0.25, 0.3) is 28.5 Å². The lowest BCUT2D eigenvalue weighted by Crippen LogP contribution is -2.24. The predicted octanol–water partition coefficient (Wildman–Crippen LogP) is 6.94. The molecule has 0 unspecified atom stereocenters. The number of amides is 1. The molecule has 0 atom stereocenters. The van der Waals surface area contributed by atoms with Gasteiger partial charge in [-0.2, -0.15) is 5.10 Å². The summed E-state index contributed by atoms with van der Waals surface area (Å²) in [5.41, 5.74) is 8.15. The van der Waals surface area contributed by atoms with Crippen molar-refractivity contribution in [3.63, 3.8) is 0 Å². The van der Waals surface area contributed by atoms with E-state index in [0.29, 0.717) is 17.0 Å². The van der Waals surface area contributed by atoms with Crippen molar-refractivity contribution in [3.05, 3.63) is 88.0 Å². The molecule has 0 spiro atoms. The number of rotatable bonds is 10. The summed E-state index contributed by atoms with van der Waals surface area (Å²) in [7, 11) is 0. The van der Waals surface area contributed by atoms with Crippen LogP contribution in [-0.2, 0) is 4.79 Å². The number of ketones is 1. The van der Waals surface area contributed by atoms with E-state index in [0.717, 1.165) is 76.6 Å². The van der Waals surface area contributed by atoms with E-state index < -0.39 is 0 Å². The number of carbonyl (C=O) groups is 2. The van der Waals surface area contributed by atoms with Crippen LogP contribution in [-0.4, -0.2) is 51.0 Å². The molecule has 7 nitrogen and oxygen atoms in total. The molecule has 1 amide bonds. The van der Waals surface area contributed by atoms with Gasteiger partial charge in [0.1, 0.15) is 0 Å². The van der Waals surface area contributed by atoms with Crippen LogP contribution >= 0.6 is 11.6 Å². The van der Waals surface area contributed by atoms with Gasteiger partial charge in [0, 0.05) is 51.4 Å². The second-order valence-electron chi connectivity index (χ2n) is 10.1. The molecule has 0 bridgehead atoms. The molecule has 2 aromatic carbocycles. The van der Waals surface area contributed by atoms with Crippen LogP contribution in [0.4, 0.5) is 5.69 Å². The first-order chi connectivity index (χ1) is 19.3. The zero-order valence-corrected chi connectivity index (χ0v) is 24.1. The number of Topliss-reactive ketones (excluding diaryl/α,β-unsaturated/α-hetero) is 1. The zero-order valence-electron chi connectivity index (χ0n) is 23.3. The van der Waals surface area contributed by atoms with E-state index in [9.17, 15) is 9.59 Å². The second-order valence-corrected chi connectivity index (χ2v) is 10.6. The molecule has 0 fully saturated rings. The summed E-state index contributed by atoms with van der Waals surface area (Å²) in [5, 5.41) is 8.15. The van der Waals surface area contributed by atoms with E-state index in [-0.39, 0.29) is 11.7 Å². The molecule has 206 valence electrons. The van der Waals surface area contributed by atoms with Gasteiger partial charge in [-0.3, -0.25) is 9.59 Å². The van der Waals surface area contributed by atoms with Crippen molar-refractivity contribution < 1.29 is 9.59 Å². The standard InChI is InChI=1S/C32H34ClN5O2/c1-5-37(6-2)15-7-8-30(39)31-20(3)29(35-21(31)4)17-27-26-16-22(9-14-28(26)36-32(27)40)23-18-34-38(19-23)25-12-10-24(33)11-13-25/h9-14,16-19,35H,5-8,15H2,1-4H3,(H,36,40)/b27-17-. The van der Waals surface area contributed by atoms with Crippen LogP contribution in [0.15, 0.2) is 54.9 Å². The molecule has 0 radical (unpaired) electrons. The van der Waals surface area contributed by atoms with E-state index in [1.165, 1.54) is 0 Å². The third kappa shape index (κ3) is 5.53. The Morgan fingerprint density at radius 3 is 2.55 bits per heavy atom. The fourth-order valence-corrected chi connectivity index (χ4v) is 5.45. The summed E-state index contributed by atoms with van der Waals surface area (Å²) in [6.07, 6.45) is 6.95. The fourth-order valence-electron chi connectivity index (χ4n) is 5.33. The highest BCUT2D eigenvalue weighted by atomic mass is 35.5. The lowest BCUT2D eigenvalue weighted by molar-refractivity contribution is -0.110. The van der Waals surface area contributed by atoms with Gasteiger partial charge in [-0.15, -0.1) is 0 Å². The zero-order chi connectivity index (χ0) is 28.4. The van der Waals surface area contributed by atoms with Gasteiger partial charge in [0.2, 0.25) is 0 Å². The number of carbonyl (C=O) groups excluding carboxylic acids is 2. The summed E-state index contributed by atoms with van der Waals surface area (Å²) >= 11 is 6.02. The quantitative estimate of drug-likeness (QED) is 0.164. The maximum Gasteiger partial charge on any atom is 0.256 e. The van der Waals surface area contributed by atoms with Gasteiger partial charge >= 0.3 is 0 Å². The molecule has 0 saturated heterocycles. The SMILES string of the molecule is CCN(CC)CCCC(=O)c1c(C)[nH]c(/C=C2\C(=O)Nc3ccc(-c4cnn(-c5ccc(Cl)cc5)c4)cc32)c1C. The Kier molecular flexibility index (Phi) is 8.05. The van der Waals surface area contributed by atoms with Gasteiger partial charge in [0.15, 0.2) is 5.78 Å². The van der Waals surface area contributed by atoms with Crippen molar-refractivity contribution in [1.29, 1.82) is 0 Å². The number of aromatic nitrogens is 3.